The minimum Gasteiger partial charge on any atom is -0.361 e. The van der Waals surface area contributed by atoms with Gasteiger partial charge in [-0.3, -0.25) is 4.98 Å². The van der Waals surface area contributed by atoms with Crippen LogP contribution in [-0.2, 0) is 13.6 Å². The van der Waals surface area contributed by atoms with Gasteiger partial charge in [-0.25, -0.2) is 24.3 Å². The molecule has 32 heavy (non-hydrogen) atoms. The van der Waals surface area contributed by atoms with Gasteiger partial charge in [0.1, 0.15) is 23.5 Å². The molecule has 0 saturated heterocycles. The smallest absolute Gasteiger partial charge is 0.182 e. The summed E-state index contributed by atoms with van der Waals surface area (Å²) in [5.41, 5.74) is 3.73. The van der Waals surface area contributed by atoms with Gasteiger partial charge in [-0.05, 0) is 24.3 Å². The summed E-state index contributed by atoms with van der Waals surface area (Å²) in [5.74, 6) is 1.04. The maximum Gasteiger partial charge on any atom is 0.182 e. The average molecular weight is 430 g/mol. The highest BCUT2D eigenvalue weighted by Crippen LogP contribution is 2.30. The Morgan fingerprint density at radius 2 is 1.88 bits per heavy atom. The fourth-order valence-electron chi connectivity index (χ4n) is 3.30. The normalized spacial score (nSPS) is 10.2. The number of hydrogen-bond donors (Lipinski definition) is 2. The average Bonchev–Trinajstić information content (AvgIpc) is 3.46. The van der Waals surface area contributed by atoms with Crippen molar-refractivity contribution in [2.75, 3.05) is 5.32 Å². The Morgan fingerprint density at radius 1 is 1.06 bits per heavy atom. The molecule has 0 bridgehead atoms. The van der Waals surface area contributed by atoms with Crippen LogP contribution in [0.3, 0.4) is 0 Å². The van der Waals surface area contributed by atoms with E-state index in [-0.39, 0.29) is 5.82 Å². The van der Waals surface area contributed by atoms with E-state index >= 15 is 0 Å². The van der Waals surface area contributed by atoms with Crippen LogP contribution in [0.5, 0.6) is 0 Å². The molecule has 2 N–H and O–H groups in total. The van der Waals surface area contributed by atoms with Crippen LogP contribution in [0.2, 0.25) is 0 Å². The van der Waals surface area contributed by atoms with Crippen LogP contribution < -0.4 is 5.32 Å². The SMILES string of the molecule is C#C.CC.Cn1c(CNc2ncnc3nc[nH]c23)nc2ccc(F)c(-c3ccccn3)c21. The van der Waals surface area contributed by atoms with Crippen molar-refractivity contribution in [3.05, 3.63) is 60.8 Å². The van der Waals surface area contributed by atoms with E-state index in [9.17, 15) is 4.39 Å². The molecule has 0 amide bonds. The maximum absolute atomic E-state index is 14.7. The van der Waals surface area contributed by atoms with Crippen molar-refractivity contribution in [3.63, 3.8) is 0 Å². The first kappa shape index (κ1) is 22.4. The first-order valence-electron chi connectivity index (χ1n) is 9.99. The Labute approximate surface area is 185 Å². The molecule has 0 aliphatic carbocycles. The second-order valence-corrected chi connectivity index (χ2v) is 6.27. The summed E-state index contributed by atoms with van der Waals surface area (Å²) in [4.78, 5) is 24.5. The highest BCUT2D eigenvalue weighted by molar-refractivity contribution is 5.92. The summed E-state index contributed by atoms with van der Waals surface area (Å²) < 4.78 is 16.5. The number of aryl methyl sites for hydroxylation is 1. The summed E-state index contributed by atoms with van der Waals surface area (Å²) in [7, 11) is 1.87. The molecule has 0 atom stereocenters. The zero-order valence-corrected chi connectivity index (χ0v) is 18.0. The molecule has 0 radical (unpaired) electrons. The Bertz CT molecular complexity index is 1340. The number of halogens is 1. The standard InChI is InChI=1S/C19H15FN8.C2H6.C2H2/c1-28-14(8-22-18-16-19(24-9-23-16)26-10-25-18)27-13-6-5-11(20)15(17(13)28)12-4-2-3-7-21-12;2*1-2/h2-7,9-10H,8H2,1H3,(H2,22,23,24,25,26);1-2H3;1-2H. The Kier molecular flexibility index (Phi) is 7.08. The fourth-order valence-corrected chi connectivity index (χ4v) is 3.30. The predicted molar refractivity (Wildman–Crippen MR) is 124 cm³/mol. The molecule has 0 aliphatic heterocycles. The Morgan fingerprint density at radius 3 is 2.62 bits per heavy atom. The van der Waals surface area contributed by atoms with E-state index in [1.54, 1.807) is 30.7 Å². The number of aromatic nitrogens is 7. The lowest BCUT2D eigenvalue weighted by molar-refractivity contribution is 0.631. The van der Waals surface area contributed by atoms with Crippen LogP contribution in [0, 0.1) is 18.7 Å². The molecule has 0 unspecified atom stereocenters. The van der Waals surface area contributed by atoms with Crippen molar-refractivity contribution in [3.8, 4) is 24.1 Å². The van der Waals surface area contributed by atoms with Crippen LogP contribution in [0.15, 0.2) is 49.2 Å². The van der Waals surface area contributed by atoms with Crippen LogP contribution in [0.4, 0.5) is 10.2 Å². The van der Waals surface area contributed by atoms with Crippen LogP contribution >= 0.6 is 0 Å². The van der Waals surface area contributed by atoms with Crippen molar-refractivity contribution < 1.29 is 4.39 Å². The van der Waals surface area contributed by atoms with Crippen molar-refractivity contribution in [1.29, 1.82) is 0 Å². The van der Waals surface area contributed by atoms with Gasteiger partial charge in [0, 0.05) is 13.2 Å². The van der Waals surface area contributed by atoms with Gasteiger partial charge in [0.2, 0.25) is 0 Å². The lowest BCUT2D eigenvalue weighted by atomic mass is 10.1. The van der Waals surface area contributed by atoms with Crippen molar-refractivity contribution in [2.24, 2.45) is 7.05 Å². The molecular formula is C23H23FN8. The minimum absolute atomic E-state index is 0.330. The van der Waals surface area contributed by atoms with Gasteiger partial charge in [0.25, 0.3) is 0 Å². The zero-order valence-electron chi connectivity index (χ0n) is 18.0. The number of H-pyrrole nitrogens is 1. The Hall–Kier alpha value is -4.32. The van der Waals surface area contributed by atoms with Crippen molar-refractivity contribution >= 4 is 28.0 Å². The highest BCUT2D eigenvalue weighted by Gasteiger charge is 2.18. The second kappa shape index (κ2) is 10.1. The number of fused-ring (bicyclic) bond motifs is 2. The molecular weight excluding hydrogens is 407 g/mol. The number of pyridine rings is 1. The maximum atomic E-state index is 14.7. The van der Waals surface area contributed by atoms with E-state index in [0.717, 1.165) is 11.3 Å². The van der Waals surface area contributed by atoms with Crippen LogP contribution in [-0.4, -0.2) is 34.5 Å². The highest BCUT2D eigenvalue weighted by atomic mass is 19.1. The summed E-state index contributed by atoms with van der Waals surface area (Å²) in [6, 6.07) is 8.54. The van der Waals surface area contributed by atoms with Crippen molar-refractivity contribution in [1.82, 2.24) is 34.5 Å². The number of aromatic amines is 1. The monoisotopic (exact) mass is 430 g/mol. The van der Waals surface area contributed by atoms with Gasteiger partial charge in [-0.15, -0.1) is 12.8 Å². The number of nitrogens with one attached hydrogen (secondary N) is 2. The zero-order chi connectivity index (χ0) is 23.1. The third kappa shape index (κ3) is 4.11. The molecule has 1 aromatic carbocycles. The topological polar surface area (TPSA) is 97.2 Å². The van der Waals surface area contributed by atoms with E-state index in [2.05, 4.69) is 48.1 Å². The minimum atomic E-state index is -0.330. The molecule has 0 spiro atoms. The van der Waals surface area contributed by atoms with Crippen LogP contribution in [0.25, 0.3) is 33.5 Å². The number of rotatable bonds is 4. The molecule has 4 aromatic heterocycles. The number of hydrogen-bond acceptors (Lipinski definition) is 6. The van der Waals surface area contributed by atoms with E-state index in [0.29, 0.717) is 40.3 Å². The second-order valence-electron chi connectivity index (χ2n) is 6.27. The number of anilines is 1. The number of terminal acetylenes is 1. The largest absolute Gasteiger partial charge is 0.361 e. The van der Waals surface area contributed by atoms with Gasteiger partial charge in [0.15, 0.2) is 11.5 Å². The fraction of sp³-hybridized carbons (Fsp3) is 0.174. The van der Waals surface area contributed by atoms with E-state index in [1.165, 1.54) is 12.4 Å². The number of imidazole rings is 2. The number of benzene rings is 1. The van der Waals surface area contributed by atoms with Gasteiger partial charge in [0.05, 0.1) is 35.2 Å². The summed E-state index contributed by atoms with van der Waals surface area (Å²) >= 11 is 0. The summed E-state index contributed by atoms with van der Waals surface area (Å²) in [6.07, 6.45) is 12.7. The van der Waals surface area contributed by atoms with Gasteiger partial charge in [-0.1, -0.05) is 19.9 Å². The summed E-state index contributed by atoms with van der Waals surface area (Å²) in [6.45, 7) is 4.40. The quantitative estimate of drug-likeness (QED) is 0.412. The Balaban J connectivity index is 0.000000686. The van der Waals surface area contributed by atoms with Crippen molar-refractivity contribution in [2.45, 2.75) is 20.4 Å². The molecule has 0 saturated carbocycles. The molecule has 9 heteroatoms. The molecule has 0 fully saturated rings. The molecule has 5 rings (SSSR count). The van der Waals surface area contributed by atoms with E-state index in [1.807, 2.05) is 31.5 Å². The molecule has 5 aromatic rings. The third-order valence-corrected chi connectivity index (χ3v) is 4.64. The lowest BCUT2D eigenvalue weighted by Gasteiger charge is -2.09. The van der Waals surface area contributed by atoms with E-state index < -0.39 is 0 Å². The first-order chi connectivity index (χ1) is 15.7. The summed E-state index contributed by atoms with van der Waals surface area (Å²) in [5, 5.41) is 3.25. The molecule has 0 aliphatic rings. The molecule has 162 valence electrons. The number of nitrogens with zero attached hydrogens (tertiary/aromatic N) is 6. The first-order valence-corrected chi connectivity index (χ1v) is 9.99. The third-order valence-electron chi connectivity index (χ3n) is 4.64. The van der Waals surface area contributed by atoms with Crippen LogP contribution in [0.1, 0.15) is 19.7 Å². The predicted octanol–water partition coefficient (Wildman–Crippen LogP) is 4.33. The van der Waals surface area contributed by atoms with Gasteiger partial charge < -0.3 is 14.9 Å². The molecule has 8 nitrogen and oxygen atoms in total. The van der Waals surface area contributed by atoms with Gasteiger partial charge in [-0.2, -0.15) is 0 Å². The van der Waals surface area contributed by atoms with E-state index in [4.69, 9.17) is 0 Å². The lowest BCUT2D eigenvalue weighted by Crippen LogP contribution is -2.08. The van der Waals surface area contributed by atoms with Gasteiger partial charge >= 0.3 is 0 Å². The molecule has 4 heterocycles.